The maximum absolute atomic E-state index is 10.7. The van der Waals surface area contributed by atoms with Crippen molar-refractivity contribution in [2.24, 2.45) is 7.05 Å². The molecule has 6 heteroatoms. The Morgan fingerprint density at radius 2 is 2.29 bits per heavy atom. The summed E-state index contributed by atoms with van der Waals surface area (Å²) in [5.41, 5.74) is 2.35. The van der Waals surface area contributed by atoms with Gasteiger partial charge in [0, 0.05) is 12.4 Å². The normalized spacial score (nSPS) is 12.6. The topological polar surface area (TPSA) is 80.0 Å². The van der Waals surface area contributed by atoms with E-state index >= 15 is 0 Å². The minimum Gasteiger partial charge on any atom is -0.480 e. The molecule has 0 amide bonds. The maximum Gasteiger partial charge on any atom is 0.325 e. The summed E-state index contributed by atoms with van der Waals surface area (Å²) in [5, 5.41) is 16.9. The van der Waals surface area contributed by atoms with Crippen LogP contribution in [0.15, 0.2) is 12.3 Å². The van der Waals surface area contributed by atoms with E-state index in [0.29, 0.717) is 5.69 Å². The van der Waals surface area contributed by atoms with Gasteiger partial charge in [-0.1, -0.05) is 0 Å². The maximum atomic E-state index is 10.7. The van der Waals surface area contributed by atoms with Gasteiger partial charge in [-0.05, 0) is 19.9 Å². The van der Waals surface area contributed by atoms with Crippen molar-refractivity contribution < 1.29 is 9.90 Å². The summed E-state index contributed by atoms with van der Waals surface area (Å²) < 4.78 is 1.70. The van der Waals surface area contributed by atoms with Gasteiger partial charge in [-0.2, -0.15) is 5.10 Å². The first-order valence-corrected chi connectivity index (χ1v) is 5.27. The number of aryl methyl sites for hydroxylation is 2. The lowest BCUT2D eigenvalue weighted by Gasteiger charge is -2.10. The Morgan fingerprint density at radius 3 is 2.94 bits per heavy atom. The molecule has 0 aromatic carbocycles. The van der Waals surface area contributed by atoms with E-state index in [4.69, 9.17) is 5.11 Å². The molecule has 90 valence electrons. The lowest BCUT2D eigenvalue weighted by Crippen LogP contribution is -2.25. The van der Waals surface area contributed by atoms with E-state index in [1.54, 1.807) is 17.8 Å². The fourth-order valence-corrected chi connectivity index (χ4v) is 1.70. The van der Waals surface area contributed by atoms with E-state index in [1.165, 1.54) is 0 Å². The van der Waals surface area contributed by atoms with Gasteiger partial charge in [0.05, 0.1) is 17.6 Å². The summed E-state index contributed by atoms with van der Waals surface area (Å²) in [5.74, 6) is -0.895. The van der Waals surface area contributed by atoms with Crippen molar-refractivity contribution in [1.29, 1.82) is 0 Å². The first-order valence-electron chi connectivity index (χ1n) is 5.27. The Bertz CT molecular complexity index is 576. The van der Waals surface area contributed by atoms with Crippen LogP contribution in [0.1, 0.15) is 12.6 Å². The minimum atomic E-state index is -0.895. The second-order valence-corrected chi connectivity index (χ2v) is 4.01. The molecule has 0 aliphatic heterocycles. The van der Waals surface area contributed by atoms with Gasteiger partial charge in [0.2, 0.25) is 0 Å². The van der Waals surface area contributed by atoms with Gasteiger partial charge < -0.3 is 10.4 Å². The lowest BCUT2D eigenvalue weighted by molar-refractivity contribution is -0.137. The lowest BCUT2D eigenvalue weighted by atomic mass is 10.2. The van der Waals surface area contributed by atoms with Crippen LogP contribution in [0.2, 0.25) is 0 Å². The highest BCUT2D eigenvalue weighted by atomic mass is 16.4. The highest BCUT2D eigenvalue weighted by Gasteiger charge is 2.12. The van der Waals surface area contributed by atoms with Gasteiger partial charge in [0.1, 0.15) is 6.04 Å². The molecule has 0 radical (unpaired) electrons. The Morgan fingerprint density at radius 1 is 1.59 bits per heavy atom. The van der Waals surface area contributed by atoms with Crippen LogP contribution in [0.4, 0.5) is 5.69 Å². The van der Waals surface area contributed by atoms with Crippen LogP contribution in [0, 0.1) is 6.92 Å². The predicted octanol–water partition coefficient (Wildman–Crippen LogP) is 1.16. The van der Waals surface area contributed by atoms with Crippen LogP contribution in [0.5, 0.6) is 0 Å². The molecular formula is C11H14N4O2. The second kappa shape index (κ2) is 4.04. The van der Waals surface area contributed by atoms with Crippen molar-refractivity contribution in [3.05, 3.63) is 18.0 Å². The van der Waals surface area contributed by atoms with E-state index in [-0.39, 0.29) is 0 Å². The number of pyridine rings is 1. The number of nitrogens with zero attached hydrogens (tertiary/aromatic N) is 3. The standard InChI is InChI=1S/C11H14N4O2/c1-6-9-4-8(13-7(2)11(16)17)5-12-10(9)15(3)14-6/h4-5,7,13H,1-3H3,(H,16,17). The zero-order valence-corrected chi connectivity index (χ0v) is 9.93. The average Bonchev–Trinajstić information content (AvgIpc) is 2.54. The number of aliphatic carboxylic acids is 1. The summed E-state index contributed by atoms with van der Waals surface area (Å²) in [6.07, 6.45) is 1.61. The molecule has 0 fully saturated rings. The fourth-order valence-electron chi connectivity index (χ4n) is 1.70. The molecule has 0 saturated heterocycles. The number of hydrogen-bond donors (Lipinski definition) is 2. The van der Waals surface area contributed by atoms with Gasteiger partial charge in [0.25, 0.3) is 0 Å². The Hall–Kier alpha value is -2.11. The quantitative estimate of drug-likeness (QED) is 0.833. The summed E-state index contributed by atoms with van der Waals surface area (Å²) in [6.45, 7) is 3.48. The average molecular weight is 234 g/mol. The summed E-state index contributed by atoms with van der Waals surface area (Å²) in [6, 6.07) is 1.22. The molecule has 0 saturated carbocycles. The van der Waals surface area contributed by atoms with Gasteiger partial charge in [-0.15, -0.1) is 0 Å². The molecule has 1 unspecified atom stereocenters. The first-order chi connectivity index (χ1) is 7.99. The summed E-state index contributed by atoms with van der Waals surface area (Å²) >= 11 is 0. The summed E-state index contributed by atoms with van der Waals surface area (Å²) in [7, 11) is 1.83. The van der Waals surface area contributed by atoms with Crippen molar-refractivity contribution in [1.82, 2.24) is 14.8 Å². The van der Waals surface area contributed by atoms with Gasteiger partial charge in [-0.25, -0.2) is 4.98 Å². The smallest absolute Gasteiger partial charge is 0.325 e. The molecule has 1 atom stereocenters. The number of carboxylic acid groups (broad SMARTS) is 1. The van der Waals surface area contributed by atoms with Crippen LogP contribution >= 0.6 is 0 Å². The van der Waals surface area contributed by atoms with Crippen molar-refractivity contribution >= 4 is 22.7 Å². The Balaban J connectivity index is 2.38. The van der Waals surface area contributed by atoms with Crippen molar-refractivity contribution in [2.45, 2.75) is 19.9 Å². The highest BCUT2D eigenvalue weighted by Crippen LogP contribution is 2.19. The zero-order valence-electron chi connectivity index (χ0n) is 9.93. The molecule has 2 heterocycles. The number of carboxylic acids is 1. The number of anilines is 1. The zero-order chi connectivity index (χ0) is 12.6. The molecule has 2 N–H and O–H groups in total. The number of rotatable bonds is 3. The highest BCUT2D eigenvalue weighted by molar-refractivity contribution is 5.83. The molecule has 0 aliphatic rings. The fraction of sp³-hybridized carbons (Fsp3) is 0.364. The number of carbonyl (C=O) groups is 1. The Labute approximate surface area is 98.3 Å². The van der Waals surface area contributed by atoms with E-state index in [0.717, 1.165) is 16.7 Å². The van der Waals surface area contributed by atoms with Crippen molar-refractivity contribution in [3.63, 3.8) is 0 Å². The van der Waals surface area contributed by atoms with Crippen LogP contribution in [0.25, 0.3) is 11.0 Å². The molecule has 17 heavy (non-hydrogen) atoms. The molecule has 0 spiro atoms. The van der Waals surface area contributed by atoms with Gasteiger partial charge >= 0.3 is 5.97 Å². The van der Waals surface area contributed by atoms with Crippen LogP contribution in [0.3, 0.4) is 0 Å². The van der Waals surface area contributed by atoms with E-state index < -0.39 is 12.0 Å². The minimum absolute atomic E-state index is 0.647. The van der Waals surface area contributed by atoms with E-state index in [1.807, 2.05) is 20.0 Å². The van der Waals surface area contributed by atoms with Crippen LogP contribution in [-0.2, 0) is 11.8 Å². The monoisotopic (exact) mass is 234 g/mol. The number of fused-ring (bicyclic) bond motifs is 1. The van der Waals surface area contributed by atoms with E-state index in [9.17, 15) is 4.79 Å². The molecule has 2 aromatic heterocycles. The molecule has 2 rings (SSSR count). The molecule has 2 aromatic rings. The molecule has 6 nitrogen and oxygen atoms in total. The largest absolute Gasteiger partial charge is 0.480 e. The van der Waals surface area contributed by atoms with Crippen LogP contribution < -0.4 is 5.32 Å². The predicted molar refractivity (Wildman–Crippen MR) is 64.0 cm³/mol. The second-order valence-electron chi connectivity index (χ2n) is 4.01. The third kappa shape index (κ3) is 2.06. The third-order valence-corrected chi connectivity index (χ3v) is 2.62. The molecule has 0 bridgehead atoms. The van der Waals surface area contributed by atoms with Crippen molar-refractivity contribution in [2.75, 3.05) is 5.32 Å². The van der Waals surface area contributed by atoms with Gasteiger partial charge in [0.15, 0.2) is 5.65 Å². The van der Waals surface area contributed by atoms with E-state index in [2.05, 4.69) is 15.4 Å². The SMILES string of the molecule is Cc1nn(C)c2ncc(NC(C)C(=O)O)cc12. The molecule has 0 aliphatic carbocycles. The van der Waals surface area contributed by atoms with Gasteiger partial charge in [-0.3, -0.25) is 9.48 Å². The number of nitrogens with one attached hydrogen (secondary N) is 1. The first kappa shape index (κ1) is 11.4. The Kier molecular flexibility index (Phi) is 2.71. The van der Waals surface area contributed by atoms with Crippen LogP contribution in [-0.4, -0.2) is 31.9 Å². The summed E-state index contributed by atoms with van der Waals surface area (Å²) in [4.78, 5) is 15.0. The van der Waals surface area contributed by atoms with Crippen molar-refractivity contribution in [3.8, 4) is 0 Å². The third-order valence-electron chi connectivity index (χ3n) is 2.62. The molecular weight excluding hydrogens is 220 g/mol. The number of aromatic nitrogens is 3. The number of hydrogen-bond acceptors (Lipinski definition) is 4.